The molecule has 1 aromatic carbocycles. The summed E-state index contributed by atoms with van der Waals surface area (Å²) in [6, 6.07) is 6.08. The highest BCUT2D eigenvalue weighted by molar-refractivity contribution is 7.20. The van der Waals surface area contributed by atoms with Crippen LogP contribution in [0.25, 0.3) is 10.2 Å². The molecule has 0 unspecified atom stereocenters. The molecule has 4 nitrogen and oxygen atoms in total. The average molecular weight is 351 g/mol. The molecule has 1 aliphatic rings. The Morgan fingerprint density at radius 1 is 1.08 bits per heavy atom. The molecule has 0 bridgehead atoms. The summed E-state index contributed by atoms with van der Waals surface area (Å²) >= 11 is 1.47. The number of aromatic nitrogens is 2. The van der Waals surface area contributed by atoms with Crippen molar-refractivity contribution >= 4 is 33.1 Å². The first-order valence-electron chi connectivity index (χ1n) is 8.59. The Kier molecular flexibility index (Phi) is 3.84. The van der Waals surface area contributed by atoms with Crippen LogP contribution in [0.3, 0.4) is 0 Å². The highest BCUT2D eigenvalue weighted by Gasteiger charge is 2.28. The lowest BCUT2D eigenvalue weighted by Crippen LogP contribution is -2.11. The van der Waals surface area contributed by atoms with E-state index in [9.17, 15) is 4.79 Å². The fraction of sp³-hybridized carbons (Fsp3) is 0.350. The molecule has 1 amide bonds. The highest BCUT2D eigenvalue weighted by Crippen LogP contribution is 2.40. The monoisotopic (exact) mass is 351 g/mol. The Bertz CT molecular complexity index is 982. The van der Waals surface area contributed by atoms with E-state index in [0.717, 1.165) is 49.0 Å². The summed E-state index contributed by atoms with van der Waals surface area (Å²) in [5.74, 6) is 1.38. The number of carbonyl (C=O) groups excluding carboxylic acids is 1. The van der Waals surface area contributed by atoms with Gasteiger partial charge in [0.2, 0.25) is 0 Å². The number of anilines is 1. The van der Waals surface area contributed by atoms with Crippen molar-refractivity contribution in [2.75, 3.05) is 5.32 Å². The molecule has 1 fully saturated rings. The number of nitrogens with one attached hydrogen (secondary N) is 1. The molecule has 25 heavy (non-hydrogen) atoms. The van der Waals surface area contributed by atoms with Crippen molar-refractivity contribution in [3.05, 3.63) is 51.3 Å². The first-order chi connectivity index (χ1) is 11.9. The van der Waals surface area contributed by atoms with Crippen molar-refractivity contribution in [3.63, 3.8) is 0 Å². The van der Waals surface area contributed by atoms with Gasteiger partial charge in [0.1, 0.15) is 10.7 Å². The van der Waals surface area contributed by atoms with Gasteiger partial charge in [-0.2, -0.15) is 0 Å². The summed E-state index contributed by atoms with van der Waals surface area (Å²) in [7, 11) is 0. The van der Waals surface area contributed by atoms with Gasteiger partial charge in [0.15, 0.2) is 0 Å². The van der Waals surface area contributed by atoms with Crippen LogP contribution in [0.15, 0.2) is 18.2 Å². The molecule has 2 aromatic heterocycles. The molecule has 4 rings (SSSR count). The minimum atomic E-state index is -0.0714. The van der Waals surface area contributed by atoms with Crippen molar-refractivity contribution < 1.29 is 4.79 Å². The van der Waals surface area contributed by atoms with Crippen molar-refractivity contribution in [3.8, 4) is 0 Å². The Morgan fingerprint density at radius 2 is 1.76 bits per heavy atom. The number of aryl methyl sites for hydroxylation is 4. The van der Waals surface area contributed by atoms with Crippen molar-refractivity contribution in [2.24, 2.45) is 0 Å². The van der Waals surface area contributed by atoms with Crippen LogP contribution in [-0.4, -0.2) is 15.9 Å². The van der Waals surface area contributed by atoms with Gasteiger partial charge in [-0.15, -0.1) is 11.3 Å². The number of nitrogens with zero attached hydrogens (tertiary/aromatic N) is 2. The Hall–Kier alpha value is -2.27. The van der Waals surface area contributed by atoms with E-state index in [1.54, 1.807) is 0 Å². The Labute approximate surface area is 151 Å². The number of amides is 1. The van der Waals surface area contributed by atoms with Gasteiger partial charge in [-0.3, -0.25) is 4.79 Å². The van der Waals surface area contributed by atoms with Gasteiger partial charge in [0.05, 0.1) is 10.6 Å². The largest absolute Gasteiger partial charge is 0.321 e. The molecular weight excluding hydrogens is 330 g/mol. The van der Waals surface area contributed by atoms with Gasteiger partial charge in [-0.25, -0.2) is 9.97 Å². The number of fused-ring (bicyclic) bond motifs is 1. The minimum Gasteiger partial charge on any atom is -0.321 e. The third-order valence-electron chi connectivity index (χ3n) is 4.62. The lowest BCUT2D eigenvalue weighted by atomic mass is 10.1. The van der Waals surface area contributed by atoms with Crippen LogP contribution < -0.4 is 5.32 Å². The van der Waals surface area contributed by atoms with Gasteiger partial charge < -0.3 is 5.32 Å². The van der Waals surface area contributed by atoms with Crippen LogP contribution >= 0.6 is 11.3 Å². The van der Waals surface area contributed by atoms with Crippen LogP contribution in [0.2, 0.25) is 0 Å². The maximum atomic E-state index is 12.8. The predicted octanol–water partition coefficient (Wildman–Crippen LogP) is 5.05. The lowest BCUT2D eigenvalue weighted by molar-refractivity contribution is 0.103. The predicted molar refractivity (Wildman–Crippen MR) is 103 cm³/mol. The van der Waals surface area contributed by atoms with E-state index in [-0.39, 0.29) is 5.91 Å². The summed E-state index contributed by atoms with van der Waals surface area (Å²) in [5, 5.41) is 4.06. The number of rotatable bonds is 3. The van der Waals surface area contributed by atoms with Gasteiger partial charge in [0.25, 0.3) is 5.91 Å². The third kappa shape index (κ3) is 3.04. The zero-order valence-corrected chi connectivity index (χ0v) is 15.8. The van der Waals surface area contributed by atoms with Gasteiger partial charge in [0, 0.05) is 17.0 Å². The van der Waals surface area contributed by atoms with Gasteiger partial charge in [-0.1, -0.05) is 6.07 Å². The number of hydrogen-bond acceptors (Lipinski definition) is 4. The van der Waals surface area contributed by atoms with Gasteiger partial charge >= 0.3 is 0 Å². The fourth-order valence-corrected chi connectivity index (χ4v) is 4.47. The third-order valence-corrected chi connectivity index (χ3v) is 5.80. The standard InChI is InChI=1S/C20H21N3OS/c1-10-7-11(2)9-15(8-10)22-19(24)17-12(3)16-13(4)21-18(14-5-6-14)23-20(16)25-17/h7-9,14H,5-6H2,1-4H3,(H,22,24). The lowest BCUT2D eigenvalue weighted by Gasteiger charge is -2.07. The summed E-state index contributed by atoms with van der Waals surface area (Å²) in [5.41, 5.74) is 5.06. The SMILES string of the molecule is Cc1cc(C)cc(NC(=O)c2sc3nc(C4CC4)nc(C)c3c2C)c1. The normalized spacial score (nSPS) is 14.1. The molecule has 3 aromatic rings. The van der Waals surface area contributed by atoms with E-state index in [2.05, 4.69) is 16.4 Å². The molecule has 0 atom stereocenters. The molecule has 0 radical (unpaired) electrons. The number of hydrogen-bond donors (Lipinski definition) is 1. The van der Waals surface area contributed by atoms with E-state index in [1.807, 2.05) is 39.8 Å². The Balaban J connectivity index is 1.71. The molecule has 128 valence electrons. The topological polar surface area (TPSA) is 54.9 Å². The molecule has 1 aliphatic carbocycles. The summed E-state index contributed by atoms with van der Waals surface area (Å²) in [6.07, 6.45) is 2.35. The number of benzene rings is 1. The van der Waals surface area contributed by atoms with Gasteiger partial charge in [-0.05, 0) is 69.4 Å². The molecule has 1 N–H and O–H groups in total. The quantitative estimate of drug-likeness (QED) is 0.718. The summed E-state index contributed by atoms with van der Waals surface area (Å²) in [4.78, 5) is 23.9. The molecule has 2 heterocycles. The molecular formula is C20H21N3OS. The zero-order valence-electron chi connectivity index (χ0n) is 14.9. The van der Waals surface area contributed by atoms with Crippen LogP contribution in [0, 0.1) is 27.7 Å². The van der Waals surface area contributed by atoms with Crippen molar-refractivity contribution in [1.82, 2.24) is 9.97 Å². The fourth-order valence-electron chi connectivity index (χ4n) is 3.34. The maximum Gasteiger partial charge on any atom is 0.266 e. The highest BCUT2D eigenvalue weighted by atomic mass is 32.1. The van der Waals surface area contributed by atoms with Crippen molar-refractivity contribution in [2.45, 2.75) is 46.5 Å². The molecule has 1 saturated carbocycles. The van der Waals surface area contributed by atoms with E-state index in [1.165, 1.54) is 24.2 Å². The number of thiophene rings is 1. The molecule has 0 aliphatic heterocycles. The summed E-state index contributed by atoms with van der Waals surface area (Å²) in [6.45, 7) is 8.07. The van der Waals surface area contributed by atoms with Crippen LogP contribution in [0.1, 0.15) is 56.6 Å². The molecule has 5 heteroatoms. The smallest absolute Gasteiger partial charge is 0.266 e. The Morgan fingerprint density at radius 3 is 2.40 bits per heavy atom. The van der Waals surface area contributed by atoms with E-state index in [4.69, 9.17) is 4.98 Å². The second-order valence-electron chi connectivity index (χ2n) is 7.01. The first kappa shape index (κ1) is 16.2. The second-order valence-corrected chi connectivity index (χ2v) is 8.01. The van der Waals surface area contributed by atoms with Crippen LogP contribution in [-0.2, 0) is 0 Å². The van der Waals surface area contributed by atoms with Crippen LogP contribution in [0.4, 0.5) is 5.69 Å². The second kappa shape index (κ2) is 5.92. The minimum absolute atomic E-state index is 0.0714. The zero-order chi connectivity index (χ0) is 17.7. The maximum absolute atomic E-state index is 12.8. The molecule has 0 saturated heterocycles. The number of carbonyl (C=O) groups is 1. The summed E-state index contributed by atoms with van der Waals surface area (Å²) < 4.78 is 0. The average Bonchev–Trinajstić information content (AvgIpc) is 3.30. The first-order valence-corrected chi connectivity index (χ1v) is 9.41. The van der Waals surface area contributed by atoms with Crippen LogP contribution in [0.5, 0.6) is 0 Å². The molecule has 0 spiro atoms. The van der Waals surface area contributed by atoms with Crippen molar-refractivity contribution in [1.29, 1.82) is 0 Å². The van der Waals surface area contributed by atoms with E-state index < -0.39 is 0 Å². The van der Waals surface area contributed by atoms with E-state index in [0.29, 0.717) is 5.92 Å². The van der Waals surface area contributed by atoms with E-state index >= 15 is 0 Å².